The lowest BCUT2D eigenvalue weighted by molar-refractivity contribution is -0.140. The van der Waals surface area contributed by atoms with Gasteiger partial charge in [-0.3, -0.25) is 0 Å². The quantitative estimate of drug-likeness (QED) is 0.351. The van der Waals surface area contributed by atoms with Crippen LogP contribution in [-0.4, -0.2) is 58.2 Å². The number of carbonyl (C=O) groups excluding carboxylic acids is 1. The van der Waals surface area contributed by atoms with E-state index in [1.807, 2.05) is 14.0 Å². The minimum atomic E-state index is -0.558. The summed E-state index contributed by atoms with van der Waals surface area (Å²) in [6.45, 7) is 3.48. The van der Waals surface area contributed by atoms with Gasteiger partial charge >= 0.3 is 5.97 Å². The average molecular weight is 327 g/mol. The Morgan fingerprint density at radius 3 is 2.61 bits per heavy atom. The van der Waals surface area contributed by atoms with Crippen molar-refractivity contribution in [3.05, 3.63) is 23.3 Å². The zero-order valence-electron chi connectivity index (χ0n) is 13.9. The van der Waals surface area contributed by atoms with Crippen molar-refractivity contribution in [1.82, 2.24) is 5.32 Å². The number of rotatable bonds is 11. The van der Waals surface area contributed by atoms with E-state index in [2.05, 4.69) is 5.32 Å². The maximum absolute atomic E-state index is 11.8. The van der Waals surface area contributed by atoms with E-state index in [4.69, 9.17) is 18.9 Å². The maximum Gasteiger partial charge on any atom is 0.337 e. The van der Waals surface area contributed by atoms with Crippen molar-refractivity contribution in [3.63, 3.8) is 0 Å². The number of methoxy groups -OCH3 is 1. The van der Waals surface area contributed by atoms with E-state index in [1.165, 1.54) is 7.11 Å². The molecule has 0 amide bonds. The predicted molar refractivity (Wildman–Crippen MR) is 84.9 cm³/mol. The summed E-state index contributed by atoms with van der Waals surface area (Å²) in [6, 6.07) is 3.47. The monoisotopic (exact) mass is 327 g/mol. The summed E-state index contributed by atoms with van der Waals surface area (Å²) in [4.78, 5) is 11.8. The number of nitrogens with one attached hydrogen (secondary N) is 1. The summed E-state index contributed by atoms with van der Waals surface area (Å²) in [5.41, 5.74) is 1.39. The van der Waals surface area contributed by atoms with Crippen LogP contribution in [0.3, 0.4) is 0 Å². The van der Waals surface area contributed by atoms with Crippen LogP contribution in [0.4, 0.5) is 0 Å². The molecular formula is C16H25NO6. The molecule has 7 nitrogen and oxygen atoms in total. The van der Waals surface area contributed by atoms with Gasteiger partial charge in [0.25, 0.3) is 0 Å². The van der Waals surface area contributed by atoms with Crippen LogP contribution in [0.1, 0.15) is 11.1 Å². The van der Waals surface area contributed by atoms with E-state index in [-0.39, 0.29) is 19.0 Å². The van der Waals surface area contributed by atoms with Crippen LogP contribution in [0.2, 0.25) is 0 Å². The number of hydrogen-bond acceptors (Lipinski definition) is 7. The fourth-order valence-electron chi connectivity index (χ4n) is 1.89. The smallest absolute Gasteiger partial charge is 0.337 e. The molecule has 0 saturated heterocycles. The van der Waals surface area contributed by atoms with Crippen molar-refractivity contribution in [3.8, 4) is 11.5 Å². The van der Waals surface area contributed by atoms with Crippen molar-refractivity contribution >= 4 is 5.97 Å². The van der Waals surface area contributed by atoms with Crippen LogP contribution in [0.15, 0.2) is 12.1 Å². The Morgan fingerprint density at radius 2 is 1.96 bits per heavy atom. The van der Waals surface area contributed by atoms with Gasteiger partial charge in [-0.2, -0.15) is 0 Å². The lowest BCUT2D eigenvalue weighted by atomic mass is 10.1. The molecule has 0 spiro atoms. The van der Waals surface area contributed by atoms with Crippen LogP contribution < -0.4 is 14.8 Å². The van der Waals surface area contributed by atoms with E-state index >= 15 is 0 Å². The summed E-state index contributed by atoms with van der Waals surface area (Å²) < 4.78 is 20.9. The van der Waals surface area contributed by atoms with Crippen LogP contribution in [0, 0.1) is 6.92 Å². The Bertz CT molecular complexity index is 466. The van der Waals surface area contributed by atoms with Gasteiger partial charge in [0.15, 0.2) is 11.5 Å². The van der Waals surface area contributed by atoms with E-state index in [0.717, 1.165) is 12.1 Å². The summed E-state index contributed by atoms with van der Waals surface area (Å²) >= 11 is 0. The van der Waals surface area contributed by atoms with Gasteiger partial charge in [-0.05, 0) is 31.7 Å². The number of carbonyl (C=O) groups is 1. The van der Waals surface area contributed by atoms with Gasteiger partial charge in [0.1, 0.15) is 6.61 Å². The van der Waals surface area contributed by atoms with Gasteiger partial charge in [0.2, 0.25) is 0 Å². The molecule has 0 aliphatic heterocycles. The molecule has 0 aliphatic rings. The zero-order valence-corrected chi connectivity index (χ0v) is 13.9. The highest BCUT2D eigenvalue weighted by Gasteiger charge is 2.15. The first-order chi connectivity index (χ1) is 11.1. The number of aliphatic hydroxyl groups excluding tert-OH is 1. The molecule has 130 valence electrons. The van der Waals surface area contributed by atoms with Gasteiger partial charge in [0.05, 0.1) is 33.5 Å². The normalized spacial score (nSPS) is 10.6. The van der Waals surface area contributed by atoms with Gasteiger partial charge in [-0.1, -0.05) is 0 Å². The Hall–Kier alpha value is -1.67. The van der Waals surface area contributed by atoms with Gasteiger partial charge in [-0.25, -0.2) is 4.79 Å². The Morgan fingerprint density at radius 1 is 1.22 bits per heavy atom. The number of likely N-dealkylation sites (N-methyl/N-ethyl adjacent to an activating group) is 1. The summed E-state index contributed by atoms with van der Waals surface area (Å²) in [5, 5.41) is 12.4. The molecule has 7 heteroatoms. The van der Waals surface area contributed by atoms with Gasteiger partial charge in [-0.15, -0.1) is 0 Å². The molecule has 0 aliphatic carbocycles. The number of aliphatic hydroxyl groups is 1. The zero-order chi connectivity index (χ0) is 17.1. The second-order valence-corrected chi connectivity index (χ2v) is 4.86. The van der Waals surface area contributed by atoms with Crippen LogP contribution in [-0.2, 0) is 20.9 Å². The molecule has 0 bridgehead atoms. The largest absolute Gasteiger partial charge is 0.493 e. The third kappa shape index (κ3) is 6.96. The first-order valence-corrected chi connectivity index (χ1v) is 7.41. The van der Waals surface area contributed by atoms with E-state index in [0.29, 0.717) is 31.1 Å². The highest BCUT2D eigenvalue weighted by Crippen LogP contribution is 2.32. The minimum Gasteiger partial charge on any atom is -0.493 e. The van der Waals surface area contributed by atoms with Crippen molar-refractivity contribution < 1.29 is 28.8 Å². The SMILES string of the molecule is CNCCOCCOCC(=O)Oc1c(CO)cc(C)cc1OC. The molecule has 0 atom stereocenters. The topological polar surface area (TPSA) is 86.3 Å². The van der Waals surface area contributed by atoms with Crippen molar-refractivity contribution in [2.75, 3.05) is 47.1 Å². The van der Waals surface area contributed by atoms with Crippen molar-refractivity contribution in [1.29, 1.82) is 0 Å². The lowest BCUT2D eigenvalue weighted by Gasteiger charge is -2.14. The number of ether oxygens (including phenoxy) is 4. The fraction of sp³-hybridized carbons (Fsp3) is 0.562. The van der Waals surface area contributed by atoms with E-state index in [9.17, 15) is 9.90 Å². The molecule has 1 aromatic carbocycles. The van der Waals surface area contributed by atoms with Gasteiger partial charge in [0, 0.05) is 12.1 Å². The molecule has 1 rings (SSSR count). The highest BCUT2D eigenvalue weighted by atomic mass is 16.6. The van der Waals surface area contributed by atoms with Crippen molar-refractivity contribution in [2.45, 2.75) is 13.5 Å². The number of aryl methyl sites for hydroxylation is 1. The number of esters is 1. The standard InChI is InChI=1S/C16H25NO6/c1-12-8-13(10-18)16(14(9-12)20-3)23-15(19)11-22-7-6-21-5-4-17-2/h8-9,17-18H,4-7,10-11H2,1-3H3. The molecule has 23 heavy (non-hydrogen) atoms. The predicted octanol–water partition coefficient (Wildman–Crippen LogP) is 0.654. The van der Waals surface area contributed by atoms with E-state index in [1.54, 1.807) is 12.1 Å². The minimum absolute atomic E-state index is 0.197. The van der Waals surface area contributed by atoms with E-state index < -0.39 is 5.97 Å². The lowest BCUT2D eigenvalue weighted by Crippen LogP contribution is -2.20. The Balaban J connectivity index is 2.45. The molecule has 0 radical (unpaired) electrons. The molecule has 2 N–H and O–H groups in total. The fourth-order valence-corrected chi connectivity index (χ4v) is 1.89. The Labute approximate surface area is 136 Å². The summed E-state index contributed by atoms with van der Waals surface area (Å²) in [6.07, 6.45) is 0. The highest BCUT2D eigenvalue weighted by molar-refractivity contribution is 5.75. The molecule has 0 fully saturated rings. The number of hydrogen-bond donors (Lipinski definition) is 2. The summed E-state index contributed by atoms with van der Waals surface area (Å²) in [5.74, 6) is 0.0642. The third-order valence-electron chi connectivity index (χ3n) is 2.97. The van der Waals surface area contributed by atoms with Crippen LogP contribution in [0.5, 0.6) is 11.5 Å². The summed E-state index contributed by atoms with van der Waals surface area (Å²) in [7, 11) is 3.32. The maximum atomic E-state index is 11.8. The molecular weight excluding hydrogens is 302 g/mol. The van der Waals surface area contributed by atoms with Crippen LogP contribution in [0.25, 0.3) is 0 Å². The van der Waals surface area contributed by atoms with Crippen molar-refractivity contribution in [2.24, 2.45) is 0 Å². The average Bonchev–Trinajstić information content (AvgIpc) is 2.55. The second-order valence-electron chi connectivity index (χ2n) is 4.86. The number of benzene rings is 1. The van der Waals surface area contributed by atoms with Crippen LogP contribution >= 0.6 is 0 Å². The molecule has 1 aromatic rings. The Kier molecular flexibility index (Phi) is 9.23. The molecule has 0 unspecified atom stereocenters. The third-order valence-corrected chi connectivity index (χ3v) is 2.97. The first-order valence-electron chi connectivity index (χ1n) is 7.41. The first kappa shape index (κ1) is 19.4. The molecule has 0 heterocycles. The second kappa shape index (κ2) is 11.0. The molecule has 0 aromatic heterocycles. The van der Waals surface area contributed by atoms with Gasteiger partial charge < -0.3 is 29.4 Å². The molecule has 0 saturated carbocycles.